The summed E-state index contributed by atoms with van der Waals surface area (Å²) in [6, 6.07) is 4.10. The van der Waals surface area contributed by atoms with Crippen LogP contribution in [0.15, 0.2) is 18.3 Å². The summed E-state index contributed by atoms with van der Waals surface area (Å²) in [4.78, 5) is 21.7. The SMILES string of the molecule is O=C(c1ccc(N2CCOCC2)nc1)N1CCO[C@@H]2CCCC[C@@H]21. The van der Waals surface area contributed by atoms with Gasteiger partial charge in [-0.25, -0.2) is 4.98 Å². The van der Waals surface area contributed by atoms with Crippen molar-refractivity contribution in [3.8, 4) is 0 Å². The number of carbonyl (C=O) groups excluding carboxylic acids is 1. The molecule has 0 aromatic carbocycles. The van der Waals surface area contributed by atoms with E-state index in [0.717, 1.165) is 45.0 Å². The quantitative estimate of drug-likeness (QED) is 0.826. The van der Waals surface area contributed by atoms with Crippen molar-refractivity contribution in [2.45, 2.75) is 37.8 Å². The highest BCUT2D eigenvalue weighted by molar-refractivity contribution is 5.94. The van der Waals surface area contributed by atoms with Crippen molar-refractivity contribution in [1.82, 2.24) is 9.88 Å². The van der Waals surface area contributed by atoms with Crippen LogP contribution in [0.3, 0.4) is 0 Å². The number of anilines is 1. The number of rotatable bonds is 2. The topological polar surface area (TPSA) is 54.9 Å². The molecule has 2 atom stereocenters. The molecule has 1 aliphatic carbocycles. The Kier molecular flexibility index (Phi) is 4.67. The summed E-state index contributed by atoms with van der Waals surface area (Å²) in [6.45, 7) is 4.51. The minimum absolute atomic E-state index is 0.0937. The Morgan fingerprint density at radius 2 is 1.92 bits per heavy atom. The van der Waals surface area contributed by atoms with Crippen LogP contribution >= 0.6 is 0 Å². The summed E-state index contributed by atoms with van der Waals surface area (Å²) >= 11 is 0. The molecule has 0 unspecified atom stereocenters. The molecule has 24 heavy (non-hydrogen) atoms. The van der Waals surface area contributed by atoms with E-state index in [4.69, 9.17) is 9.47 Å². The van der Waals surface area contributed by atoms with Crippen molar-refractivity contribution in [3.05, 3.63) is 23.9 Å². The molecule has 3 heterocycles. The largest absolute Gasteiger partial charge is 0.378 e. The van der Waals surface area contributed by atoms with Crippen LogP contribution in [0.4, 0.5) is 5.82 Å². The van der Waals surface area contributed by atoms with Crippen molar-refractivity contribution in [2.24, 2.45) is 0 Å². The van der Waals surface area contributed by atoms with Crippen LogP contribution in [-0.4, -0.2) is 67.4 Å². The van der Waals surface area contributed by atoms with Gasteiger partial charge in [-0.15, -0.1) is 0 Å². The van der Waals surface area contributed by atoms with Gasteiger partial charge >= 0.3 is 0 Å². The summed E-state index contributed by atoms with van der Waals surface area (Å²) in [7, 11) is 0. The van der Waals surface area contributed by atoms with Gasteiger partial charge < -0.3 is 19.3 Å². The maximum Gasteiger partial charge on any atom is 0.255 e. The van der Waals surface area contributed by atoms with E-state index in [-0.39, 0.29) is 18.1 Å². The molecule has 1 aromatic heterocycles. The summed E-state index contributed by atoms with van der Waals surface area (Å²) in [5.74, 6) is 1.02. The number of hydrogen-bond acceptors (Lipinski definition) is 5. The zero-order chi connectivity index (χ0) is 16.4. The fourth-order valence-corrected chi connectivity index (χ4v) is 4.01. The van der Waals surface area contributed by atoms with E-state index in [9.17, 15) is 4.79 Å². The number of hydrogen-bond donors (Lipinski definition) is 0. The van der Waals surface area contributed by atoms with E-state index in [1.807, 2.05) is 17.0 Å². The minimum atomic E-state index is 0.0937. The lowest BCUT2D eigenvalue weighted by Crippen LogP contribution is -2.54. The highest BCUT2D eigenvalue weighted by atomic mass is 16.5. The first-order chi connectivity index (χ1) is 11.8. The maximum atomic E-state index is 12.9. The van der Waals surface area contributed by atoms with E-state index in [1.54, 1.807) is 6.20 Å². The lowest BCUT2D eigenvalue weighted by molar-refractivity contribution is -0.0752. The monoisotopic (exact) mass is 331 g/mol. The molecule has 3 aliphatic rings. The van der Waals surface area contributed by atoms with Gasteiger partial charge in [0.15, 0.2) is 0 Å². The van der Waals surface area contributed by atoms with Crippen LogP contribution in [0.25, 0.3) is 0 Å². The second kappa shape index (κ2) is 7.07. The molecule has 4 rings (SSSR count). The molecule has 1 saturated carbocycles. The third-order valence-corrected chi connectivity index (χ3v) is 5.32. The van der Waals surface area contributed by atoms with Crippen molar-refractivity contribution in [2.75, 3.05) is 44.4 Å². The van der Waals surface area contributed by atoms with Crippen molar-refractivity contribution >= 4 is 11.7 Å². The van der Waals surface area contributed by atoms with Crippen molar-refractivity contribution < 1.29 is 14.3 Å². The number of amides is 1. The molecule has 6 nitrogen and oxygen atoms in total. The molecule has 3 fully saturated rings. The molecule has 2 saturated heterocycles. The third-order valence-electron chi connectivity index (χ3n) is 5.32. The van der Waals surface area contributed by atoms with Gasteiger partial charge in [0.2, 0.25) is 0 Å². The zero-order valence-corrected chi connectivity index (χ0v) is 14.0. The first-order valence-corrected chi connectivity index (χ1v) is 9.04. The van der Waals surface area contributed by atoms with Gasteiger partial charge in [-0.2, -0.15) is 0 Å². The fraction of sp³-hybridized carbons (Fsp3) is 0.667. The van der Waals surface area contributed by atoms with Crippen LogP contribution < -0.4 is 4.90 Å². The van der Waals surface area contributed by atoms with Crippen LogP contribution in [0, 0.1) is 0 Å². The Balaban J connectivity index is 1.47. The van der Waals surface area contributed by atoms with E-state index < -0.39 is 0 Å². The lowest BCUT2D eigenvalue weighted by atomic mass is 9.90. The number of pyridine rings is 1. The molecular weight excluding hydrogens is 306 g/mol. The Bertz CT molecular complexity index is 569. The normalized spacial score (nSPS) is 27.7. The first-order valence-electron chi connectivity index (χ1n) is 9.04. The lowest BCUT2D eigenvalue weighted by Gasteiger charge is -2.43. The highest BCUT2D eigenvalue weighted by Crippen LogP contribution is 2.29. The van der Waals surface area contributed by atoms with Crippen molar-refractivity contribution in [3.63, 3.8) is 0 Å². The average molecular weight is 331 g/mol. The summed E-state index contributed by atoms with van der Waals surface area (Å²) in [6.07, 6.45) is 6.46. The molecule has 130 valence electrons. The Labute approximate surface area is 142 Å². The molecule has 0 bridgehead atoms. The second-order valence-corrected chi connectivity index (χ2v) is 6.76. The number of nitrogens with zero attached hydrogens (tertiary/aromatic N) is 3. The summed E-state index contributed by atoms with van der Waals surface area (Å²) in [5, 5.41) is 0. The van der Waals surface area contributed by atoms with Crippen LogP contribution in [0.5, 0.6) is 0 Å². The van der Waals surface area contributed by atoms with Crippen LogP contribution in [0.1, 0.15) is 36.0 Å². The highest BCUT2D eigenvalue weighted by Gasteiger charge is 2.37. The molecule has 1 aromatic rings. The van der Waals surface area contributed by atoms with Crippen LogP contribution in [-0.2, 0) is 9.47 Å². The third kappa shape index (κ3) is 3.13. The predicted molar refractivity (Wildman–Crippen MR) is 90.3 cm³/mol. The smallest absolute Gasteiger partial charge is 0.255 e. The molecule has 0 spiro atoms. The molecule has 1 amide bonds. The van der Waals surface area contributed by atoms with Gasteiger partial charge in [0.05, 0.1) is 37.5 Å². The van der Waals surface area contributed by atoms with Crippen molar-refractivity contribution in [1.29, 1.82) is 0 Å². The minimum Gasteiger partial charge on any atom is -0.378 e. The van der Waals surface area contributed by atoms with E-state index >= 15 is 0 Å². The van der Waals surface area contributed by atoms with Gasteiger partial charge in [-0.1, -0.05) is 12.8 Å². The van der Waals surface area contributed by atoms with Gasteiger partial charge in [0, 0.05) is 25.8 Å². The number of aromatic nitrogens is 1. The molecule has 6 heteroatoms. The van der Waals surface area contributed by atoms with E-state index in [2.05, 4.69) is 9.88 Å². The molecule has 0 radical (unpaired) electrons. The Hall–Kier alpha value is -1.66. The van der Waals surface area contributed by atoms with E-state index in [1.165, 1.54) is 12.8 Å². The van der Waals surface area contributed by atoms with Gasteiger partial charge in [0.1, 0.15) is 5.82 Å². The predicted octanol–water partition coefficient (Wildman–Crippen LogP) is 1.70. The Morgan fingerprint density at radius 3 is 2.71 bits per heavy atom. The molecule has 2 aliphatic heterocycles. The van der Waals surface area contributed by atoms with Gasteiger partial charge in [-0.3, -0.25) is 4.79 Å². The average Bonchev–Trinajstić information content (AvgIpc) is 2.68. The summed E-state index contributed by atoms with van der Waals surface area (Å²) in [5.41, 5.74) is 0.679. The number of carbonyl (C=O) groups is 1. The Morgan fingerprint density at radius 1 is 1.08 bits per heavy atom. The van der Waals surface area contributed by atoms with Gasteiger partial charge in [0.25, 0.3) is 5.91 Å². The zero-order valence-electron chi connectivity index (χ0n) is 14.0. The second-order valence-electron chi connectivity index (χ2n) is 6.76. The first kappa shape index (κ1) is 15.8. The van der Waals surface area contributed by atoms with Crippen LogP contribution in [0.2, 0.25) is 0 Å². The maximum absolute atomic E-state index is 12.9. The van der Waals surface area contributed by atoms with E-state index in [0.29, 0.717) is 18.7 Å². The van der Waals surface area contributed by atoms with Gasteiger partial charge in [-0.05, 0) is 25.0 Å². The standard InChI is InChI=1S/C18H25N3O3/c22-18(21-9-12-24-16-4-2-1-3-15(16)21)14-5-6-17(19-13-14)20-7-10-23-11-8-20/h5-6,13,15-16H,1-4,7-12H2/t15-,16+/m0/s1. The molecular formula is C18H25N3O3. The fourth-order valence-electron chi connectivity index (χ4n) is 4.01. The number of ether oxygens (including phenoxy) is 2. The molecule has 0 N–H and O–H groups in total. The number of morpholine rings is 2. The number of fused-ring (bicyclic) bond motifs is 1. The summed E-state index contributed by atoms with van der Waals surface area (Å²) < 4.78 is 11.2.